The predicted octanol–water partition coefficient (Wildman–Crippen LogP) is 3.72. The lowest BCUT2D eigenvalue weighted by Crippen LogP contribution is -2.56. The monoisotopic (exact) mass is 407 g/mol. The molecule has 2 aromatic carbocycles. The first kappa shape index (κ1) is 21.9. The summed E-state index contributed by atoms with van der Waals surface area (Å²) in [5.74, 6) is -0.163. The van der Waals surface area contributed by atoms with Crippen LogP contribution in [0.25, 0.3) is 0 Å². The number of hydrogen-bond acceptors (Lipinski definition) is 3. The molecule has 5 heteroatoms. The third-order valence-electron chi connectivity index (χ3n) is 6.12. The molecule has 0 saturated carbocycles. The second-order valence-electron chi connectivity index (χ2n) is 8.54. The second-order valence-corrected chi connectivity index (χ2v) is 8.54. The Morgan fingerprint density at radius 1 is 0.867 bits per heavy atom. The Labute approximate surface area is 180 Å². The molecule has 1 atom stereocenters. The third-order valence-corrected chi connectivity index (χ3v) is 6.12. The Kier molecular flexibility index (Phi) is 6.80. The highest BCUT2D eigenvalue weighted by atomic mass is 16.2. The van der Waals surface area contributed by atoms with Crippen LogP contribution < -0.4 is 10.2 Å². The summed E-state index contributed by atoms with van der Waals surface area (Å²) in [5.41, 5.74) is 5.35. The van der Waals surface area contributed by atoms with Gasteiger partial charge in [0, 0.05) is 37.4 Å². The molecule has 0 aromatic heterocycles. The average Bonchev–Trinajstić information content (AvgIpc) is 2.73. The molecule has 2 amide bonds. The zero-order valence-electron chi connectivity index (χ0n) is 18.7. The van der Waals surface area contributed by atoms with Crippen molar-refractivity contribution in [2.45, 2.75) is 40.7 Å². The van der Waals surface area contributed by atoms with Gasteiger partial charge in [-0.05, 0) is 55.5 Å². The van der Waals surface area contributed by atoms with E-state index in [1.54, 1.807) is 6.07 Å². The van der Waals surface area contributed by atoms with E-state index < -0.39 is 6.04 Å². The van der Waals surface area contributed by atoms with E-state index in [1.165, 1.54) is 16.8 Å². The Morgan fingerprint density at radius 2 is 1.50 bits per heavy atom. The minimum atomic E-state index is -0.524. The third kappa shape index (κ3) is 4.66. The van der Waals surface area contributed by atoms with Crippen LogP contribution in [0.15, 0.2) is 42.5 Å². The first-order valence-electron chi connectivity index (χ1n) is 10.8. The van der Waals surface area contributed by atoms with Gasteiger partial charge in [-0.3, -0.25) is 9.59 Å². The van der Waals surface area contributed by atoms with Crippen molar-refractivity contribution in [3.63, 3.8) is 0 Å². The summed E-state index contributed by atoms with van der Waals surface area (Å²) in [6.45, 7) is 13.1. The van der Waals surface area contributed by atoms with E-state index in [-0.39, 0.29) is 17.7 Å². The Bertz CT molecular complexity index is 914. The summed E-state index contributed by atoms with van der Waals surface area (Å²) in [4.78, 5) is 30.3. The molecule has 1 aliphatic rings. The van der Waals surface area contributed by atoms with Gasteiger partial charge in [-0.1, -0.05) is 44.2 Å². The van der Waals surface area contributed by atoms with E-state index in [0.29, 0.717) is 18.7 Å². The smallest absolute Gasteiger partial charge is 0.252 e. The fourth-order valence-corrected chi connectivity index (χ4v) is 4.00. The van der Waals surface area contributed by atoms with Crippen LogP contribution in [-0.4, -0.2) is 48.9 Å². The highest BCUT2D eigenvalue weighted by Crippen LogP contribution is 2.24. The SMILES string of the molecule is Cc1ccccc1C(=O)NC(C(=O)N1CCN(c2cccc(C)c2C)CC1)C(C)C. The number of amides is 2. The number of rotatable bonds is 5. The minimum absolute atomic E-state index is 0.00699. The minimum Gasteiger partial charge on any atom is -0.368 e. The van der Waals surface area contributed by atoms with Crippen LogP contribution in [-0.2, 0) is 4.79 Å². The number of benzene rings is 2. The molecule has 0 radical (unpaired) electrons. The summed E-state index contributed by atoms with van der Waals surface area (Å²) < 4.78 is 0. The van der Waals surface area contributed by atoms with Crippen LogP contribution in [0.2, 0.25) is 0 Å². The molecule has 1 fully saturated rings. The summed E-state index contributed by atoms with van der Waals surface area (Å²) in [7, 11) is 0. The molecule has 1 heterocycles. The molecule has 0 aliphatic carbocycles. The Hall–Kier alpha value is -2.82. The van der Waals surface area contributed by atoms with Gasteiger partial charge in [0.2, 0.25) is 5.91 Å². The molecular formula is C25H33N3O2. The van der Waals surface area contributed by atoms with Crippen LogP contribution in [0.1, 0.15) is 40.9 Å². The molecule has 160 valence electrons. The topological polar surface area (TPSA) is 52.7 Å². The molecule has 2 aromatic rings. The standard InChI is InChI=1S/C25H33N3O2/c1-17(2)23(26-24(29)21-11-7-6-9-19(21)4)25(30)28-15-13-27(14-16-28)22-12-8-10-18(3)20(22)5/h6-12,17,23H,13-16H2,1-5H3,(H,26,29). The number of carbonyl (C=O) groups is 2. The van der Waals surface area contributed by atoms with Gasteiger partial charge in [0.15, 0.2) is 0 Å². The average molecular weight is 408 g/mol. The van der Waals surface area contributed by atoms with Gasteiger partial charge in [0.25, 0.3) is 5.91 Å². The zero-order chi connectivity index (χ0) is 21.8. The quantitative estimate of drug-likeness (QED) is 0.822. The number of hydrogen-bond donors (Lipinski definition) is 1. The van der Waals surface area contributed by atoms with Crippen molar-refractivity contribution in [3.05, 3.63) is 64.7 Å². The van der Waals surface area contributed by atoms with E-state index in [0.717, 1.165) is 18.7 Å². The second kappa shape index (κ2) is 9.33. The lowest BCUT2D eigenvalue weighted by molar-refractivity contribution is -0.134. The van der Waals surface area contributed by atoms with Gasteiger partial charge in [0.1, 0.15) is 6.04 Å². The molecule has 1 aliphatic heterocycles. The number of piperazine rings is 1. The maximum Gasteiger partial charge on any atom is 0.252 e. The lowest BCUT2D eigenvalue weighted by atomic mass is 10.0. The molecule has 0 bridgehead atoms. The van der Waals surface area contributed by atoms with Gasteiger partial charge >= 0.3 is 0 Å². The molecule has 30 heavy (non-hydrogen) atoms. The predicted molar refractivity (Wildman–Crippen MR) is 122 cm³/mol. The maximum atomic E-state index is 13.2. The first-order chi connectivity index (χ1) is 14.3. The van der Waals surface area contributed by atoms with E-state index >= 15 is 0 Å². The molecule has 1 unspecified atom stereocenters. The molecule has 3 rings (SSSR count). The zero-order valence-corrected chi connectivity index (χ0v) is 18.7. The van der Waals surface area contributed by atoms with E-state index in [1.807, 2.05) is 43.9 Å². The normalized spacial score (nSPS) is 15.3. The molecule has 1 saturated heterocycles. The largest absolute Gasteiger partial charge is 0.368 e. The van der Waals surface area contributed by atoms with Crippen molar-refractivity contribution in [1.29, 1.82) is 0 Å². The summed E-state index contributed by atoms with van der Waals surface area (Å²) in [5, 5.41) is 2.99. The molecule has 0 spiro atoms. The van der Waals surface area contributed by atoms with Crippen LogP contribution in [0, 0.1) is 26.7 Å². The van der Waals surface area contributed by atoms with Gasteiger partial charge in [-0.25, -0.2) is 0 Å². The summed E-state index contributed by atoms with van der Waals surface area (Å²) >= 11 is 0. The van der Waals surface area contributed by atoms with Gasteiger partial charge in [0.05, 0.1) is 0 Å². The maximum absolute atomic E-state index is 13.2. The van der Waals surface area contributed by atoms with Crippen molar-refractivity contribution in [1.82, 2.24) is 10.2 Å². The number of nitrogens with one attached hydrogen (secondary N) is 1. The summed E-state index contributed by atoms with van der Waals surface area (Å²) in [6.07, 6.45) is 0. The van der Waals surface area contributed by atoms with Gasteiger partial charge in [-0.2, -0.15) is 0 Å². The van der Waals surface area contributed by atoms with E-state index in [9.17, 15) is 9.59 Å². The number of aryl methyl sites for hydroxylation is 2. The first-order valence-corrected chi connectivity index (χ1v) is 10.8. The number of nitrogens with zero attached hydrogens (tertiary/aromatic N) is 2. The fraction of sp³-hybridized carbons (Fsp3) is 0.440. The van der Waals surface area contributed by atoms with Crippen molar-refractivity contribution in [2.24, 2.45) is 5.92 Å². The Balaban J connectivity index is 1.66. The van der Waals surface area contributed by atoms with Crippen LogP contribution >= 0.6 is 0 Å². The van der Waals surface area contributed by atoms with Crippen molar-refractivity contribution < 1.29 is 9.59 Å². The highest BCUT2D eigenvalue weighted by molar-refractivity contribution is 5.98. The Morgan fingerprint density at radius 3 is 2.13 bits per heavy atom. The molecular weight excluding hydrogens is 374 g/mol. The van der Waals surface area contributed by atoms with E-state index in [2.05, 4.69) is 42.3 Å². The van der Waals surface area contributed by atoms with Crippen LogP contribution in [0.5, 0.6) is 0 Å². The molecule has 1 N–H and O–H groups in total. The summed E-state index contributed by atoms with van der Waals surface area (Å²) in [6, 6.07) is 13.3. The highest BCUT2D eigenvalue weighted by Gasteiger charge is 2.31. The van der Waals surface area contributed by atoms with Crippen LogP contribution in [0.4, 0.5) is 5.69 Å². The van der Waals surface area contributed by atoms with E-state index in [4.69, 9.17) is 0 Å². The van der Waals surface area contributed by atoms with Crippen molar-refractivity contribution in [3.8, 4) is 0 Å². The number of carbonyl (C=O) groups excluding carboxylic acids is 2. The molecule has 5 nitrogen and oxygen atoms in total. The fourth-order valence-electron chi connectivity index (χ4n) is 4.00. The van der Waals surface area contributed by atoms with Gasteiger partial charge < -0.3 is 15.1 Å². The number of anilines is 1. The van der Waals surface area contributed by atoms with Gasteiger partial charge in [-0.15, -0.1) is 0 Å². The van der Waals surface area contributed by atoms with Crippen molar-refractivity contribution in [2.75, 3.05) is 31.1 Å². The van der Waals surface area contributed by atoms with Crippen molar-refractivity contribution >= 4 is 17.5 Å². The lowest BCUT2D eigenvalue weighted by Gasteiger charge is -2.39. The van der Waals surface area contributed by atoms with Crippen LogP contribution in [0.3, 0.4) is 0 Å².